The van der Waals surface area contributed by atoms with Gasteiger partial charge < -0.3 is 9.47 Å². The van der Waals surface area contributed by atoms with Crippen LogP contribution in [-0.2, 0) is 4.79 Å². The zero-order valence-corrected chi connectivity index (χ0v) is 15.8. The predicted molar refractivity (Wildman–Crippen MR) is 105 cm³/mol. The van der Waals surface area contributed by atoms with E-state index in [1.165, 1.54) is 6.21 Å². The van der Waals surface area contributed by atoms with E-state index >= 15 is 0 Å². The van der Waals surface area contributed by atoms with Crippen LogP contribution in [0.3, 0.4) is 0 Å². The van der Waals surface area contributed by atoms with E-state index in [0.717, 1.165) is 5.69 Å². The van der Waals surface area contributed by atoms with Crippen molar-refractivity contribution in [2.24, 2.45) is 5.10 Å². The van der Waals surface area contributed by atoms with Crippen molar-refractivity contribution in [3.05, 3.63) is 71.0 Å². The fourth-order valence-corrected chi connectivity index (χ4v) is 3.10. The number of nitrogens with one attached hydrogen (secondary N) is 1. The van der Waals surface area contributed by atoms with Gasteiger partial charge in [0.1, 0.15) is 11.8 Å². The number of fused-ring (bicyclic) bond motifs is 1. The van der Waals surface area contributed by atoms with Gasteiger partial charge >= 0.3 is 0 Å². The molecule has 4 rings (SSSR count). The summed E-state index contributed by atoms with van der Waals surface area (Å²) >= 11 is 6.44. The third kappa shape index (κ3) is 3.57. The number of hydrazone groups is 1. The lowest BCUT2D eigenvalue weighted by atomic mass is 10.2. The minimum atomic E-state index is -0.782. The number of halogens is 1. The summed E-state index contributed by atoms with van der Waals surface area (Å²) in [5.41, 5.74) is 4.62. The van der Waals surface area contributed by atoms with Crippen LogP contribution in [0.2, 0.25) is 5.15 Å². The highest BCUT2D eigenvalue weighted by atomic mass is 35.5. The highest BCUT2D eigenvalue weighted by Gasteiger charge is 2.27. The fourth-order valence-electron chi connectivity index (χ4n) is 2.78. The van der Waals surface area contributed by atoms with Gasteiger partial charge in [0.2, 0.25) is 6.10 Å². The van der Waals surface area contributed by atoms with E-state index in [-0.39, 0.29) is 6.61 Å². The highest BCUT2D eigenvalue weighted by Crippen LogP contribution is 2.30. The van der Waals surface area contributed by atoms with Gasteiger partial charge in [-0.1, -0.05) is 41.9 Å². The van der Waals surface area contributed by atoms with E-state index in [4.69, 9.17) is 21.1 Å². The summed E-state index contributed by atoms with van der Waals surface area (Å²) in [6.45, 7) is 1.94. The zero-order valence-electron chi connectivity index (χ0n) is 15.0. The quantitative estimate of drug-likeness (QED) is 0.543. The van der Waals surface area contributed by atoms with Crippen LogP contribution in [0.4, 0.5) is 0 Å². The third-order valence-corrected chi connectivity index (χ3v) is 4.58. The van der Waals surface area contributed by atoms with Gasteiger partial charge in [-0.25, -0.2) is 10.1 Å². The van der Waals surface area contributed by atoms with Crippen molar-refractivity contribution < 1.29 is 14.3 Å². The molecule has 1 aliphatic rings. The standard InChI is InChI=1S/C20H17ClN4O3/c1-13-15(19(21)25(24-13)14-7-3-2-4-8-14)11-22-23-20(26)18-12-27-16-9-5-6-10-17(16)28-18/h2-11,18H,12H2,1H3,(H,23,26)/b22-11-. The molecule has 142 valence electrons. The molecule has 7 nitrogen and oxygen atoms in total. The molecule has 2 heterocycles. The average Bonchev–Trinajstić information content (AvgIpc) is 3.02. The molecule has 0 bridgehead atoms. The first-order valence-corrected chi connectivity index (χ1v) is 9.03. The van der Waals surface area contributed by atoms with Crippen molar-refractivity contribution in [1.29, 1.82) is 0 Å². The largest absolute Gasteiger partial charge is 0.485 e. The first kappa shape index (κ1) is 18.1. The van der Waals surface area contributed by atoms with E-state index in [1.807, 2.05) is 49.4 Å². The van der Waals surface area contributed by atoms with Gasteiger partial charge in [-0.15, -0.1) is 0 Å². The van der Waals surface area contributed by atoms with Crippen LogP contribution in [-0.4, -0.2) is 34.6 Å². The van der Waals surface area contributed by atoms with Gasteiger partial charge in [0.25, 0.3) is 5.91 Å². The molecule has 1 unspecified atom stereocenters. The fraction of sp³-hybridized carbons (Fsp3) is 0.150. The van der Waals surface area contributed by atoms with Crippen molar-refractivity contribution in [1.82, 2.24) is 15.2 Å². The zero-order chi connectivity index (χ0) is 19.5. The summed E-state index contributed by atoms with van der Waals surface area (Å²) in [5.74, 6) is 0.738. The number of hydrogen-bond donors (Lipinski definition) is 1. The van der Waals surface area contributed by atoms with Crippen molar-refractivity contribution in [2.45, 2.75) is 13.0 Å². The number of para-hydroxylation sites is 3. The van der Waals surface area contributed by atoms with Crippen LogP contribution >= 0.6 is 11.6 Å². The minimum absolute atomic E-state index is 0.115. The molecule has 0 saturated carbocycles. The Morgan fingerprint density at radius 2 is 1.93 bits per heavy atom. The van der Waals surface area contributed by atoms with Crippen molar-refractivity contribution >= 4 is 23.7 Å². The van der Waals surface area contributed by atoms with E-state index in [1.54, 1.807) is 16.8 Å². The number of carbonyl (C=O) groups excluding carboxylic acids is 1. The summed E-state index contributed by atoms with van der Waals surface area (Å²) < 4.78 is 12.8. The maximum atomic E-state index is 12.3. The Morgan fingerprint density at radius 1 is 1.21 bits per heavy atom. The van der Waals surface area contributed by atoms with E-state index < -0.39 is 12.0 Å². The summed E-state index contributed by atoms with van der Waals surface area (Å²) in [5, 5.41) is 8.84. The average molecular weight is 397 g/mol. The van der Waals surface area contributed by atoms with Gasteiger partial charge in [-0.05, 0) is 31.2 Å². The second-order valence-electron chi connectivity index (χ2n) is 6.14. The normalized spacial score (nSPS) is 15.6. The van der Waals surface area contributed by atoms with Crippen LogP contribution < -0.4 is 14.9 Å². The molecular formula is C20H17ClN4O3. The molecule has 0 saturated heterocycles. The third-order valence-electron chi connectivity index (χ3n) is 4.22. The Bertz CT molecular complexity index is 1030. The lowest BCUT2D eigenvalue weighted by Gasteiger charge is -2.24. The Hall–Kier alpha value is -3.32. The Morgan fingerprint density at radius 3 is 2.71 bits per heavy atom. The van der Waals surface area contributed by atoms with Crippen LogP contribution in [0.1, 0.15) is 11.3 Å². The minimum Gasteiger partial charge on any atom is -0.485 e. The number of aryl methyl sites for hydroxylation is 1. The summed E-state index contributed by atoms with van der Waals surface area (Å²) in [4.78, 5) is 12.3. The maximum Gasteiger partial charge on any atom is 0.284 e. The first-order valence-electron chi connectivity index (χ1n) is 8.65. The Balaban J connectivity index is 1.44. The number of amides is 1. The molecule has 3 aromatic rings. The molecule has 0 spiro atoms. The summed E-state index contributed by atoms with van der Waals surface area (Å²) in [6, 6.07) is 16.7. The van der Waals surface area contributed by atoms with Crippen LogP contribution in [0, 0.1) is 6.92 Å². The molecule has 28 heavy (non-hydrogen) atoms. The van der Waals surface area contributed by atoms with Crippen molar-refractivity contribution in [3.8, 4) is 17.2 Å². The Kier molecular flexibility index (Phi) is 4.99. The lowest BCUT2D eigenvalue weighted by Crippen LogP contribution is -2.42. The molecule has 1 amide bonds. The molecule has 0 radical (unpaired) electrons. The smallest absolute Gasteiger partial charge is 0.284 e. The van der Waals surface area contributed by atoms with Crippen LogP contribution in [0.15, 0.2) is 59.7 Å². The second-order valence-corrected chi connectivity index (χ2v) is 6.49. The highest BCUT2D eigenvalue weighted by molar-refractivity contribution is 6.32. The number of rotatable bonds is 4. The molecule has 1 atom stereocenters. The van der Waals surface area contributed by atoms with E-state index in [9.17, 15) is 4.79 Å². The molecule has 2 aromatic carbocycles. The topological polar surface area (TPSA) is 77.7 Å². The molecule has 0 aliphatic carbocycles. The second kappa shape index (κ2) is 7.74. The van der Waals surface area contributed by atoms with Gasteiger partial charge in [0.15, 0.2) is 11.5 Å². The number of carbonyl (C=O) groups is 1. The van der Waals surface area contributed by atoms with Crippen LogP contribution in [0.25, 0.3) is 5.69 Å². The molecule has 0 fully saturated rings. The lowest BCUT2D eigenvalue weighted by molar-refractivity contribution is -0.130. The summed E-state index contributed by atoms with van der Waals surface area (Å²) in [6.07, 6.45) is 0.690. The predicted octanol–water partition coefficient (Wildman–Crippen LogP) is 3.12. The van der Waals surface area contributed by atoms with Gasteiger partial charge in [-0.3, -0.25) is 4.79 Å². The molecule has 1 N–H and O–H groups in total. The Labute approximate surface area is 166 Å². The van der Waals surface area contributed by atoms with Crippen LogP contribution in [0.5, 0.6) is 11.5 Å². The maximum absolute atomic E-state index is 12.3. The molecular weight excluding hydrogens is 380 g/mol. The van der Waals surface area contributed by atoms with Gasteiger partial charge in [0.05, 0.1) is 23.2 Å². The molecule has 8 heteroatoms. The van der Waals surface area contributed by atoms with Crippen molar-refractivity contribution in [2.75, 3.05) is 6.61 Å². The van der Waals surface area contributed by atoms with Gasteiger partial charge in [-0.2, -0.15) is 10.2 Å². The number of hydrogen-bond acceptors (Lipinski definition) is 5. The van der Waals surface area contributed by atoms with E-state index in [0.29, 0.717) is 27.9 Å². The summed E-state index contributed by atoms with van der Waals surface area (Å²) in [7, 11) is 0. The monoisotopic (exact) mass is 396 g/mol. The first-order chi connectivity index (χ1) is 13.6. The number of aromatic nitrogens is 2. The number of ether oxygens (including phenoxy) is 2. The van der Waals surface area contributed by atoms with Gasteiger partial charge in [0, 0.05) is 0 Å². The number of benzene rings is 2. The SMILES string of the molecule is Cc1nn(-c2ccccc2)c(Cl)c1/C=N\NC(=O)C1COc2ccccc2O1. The van der Waals surface area contributed by atoms with E-state index in [2.05, 4.69) is 15.6 Å². The molecule has 1 aromatic heterocycles. The molecule has 1 aliphatic heterocycles. The number of nitrogens with zero attached hydrogens (tertiary/aromatic N) is 3. The van der Waals surface area contributed by atoms with Crippen molar-refractivity contribution in [3.63, 3.8) is 0 Å².